The van der Waals surface area contributed by atoms with Gasteiger partial charge in [0.2, 0.25) is 0 Å². The van der Waals surface area contributed by atoms with E-state index in [0.717, 1.165) is 45.3 Å². The second-order valence-corrected chi connectivity index (χ2v) is 7.79. The summed E-state index contributed by atoms with van der Waals surface area (Å²) in [5.41, 5.74) is 0. The highest BCUT2D eigenvalue weighted by atomic mass is 32.2. The molecule has 2 fully saturated rings. The van der Waals surface area contributed by atoms with Crippen molar-refractivity contribution in [1.82, 2.24) is 19.2 Å². The molecule has 1 aromatic rings. The molecule has 0 amide bonds. The summed E-state index contributed by atoms with van der Waals surface area (Å²) in [6.07, 6.45) is 7.33. The van der Waals surface area contributed by atoms with Gasteiger partial charge in [0.05, 0.1) is 6.33 Å². The van der Waals surface area contributed by atoms with E-state index in [2.05, 4.69) is 10.3 Å². The lowest BCUT2D eigenvalue weighted by Gasteiger charge is -2.33. The third-order valence-electron chi connectivity index (χ3n) is 4.72. The third kappa shape index (κ3) is 2.86. The lowest BCUT2D eigenvalue weighted by Crippen LogP contribution is -2.43. The summed E-state index contributed by atoms with van der Waals surface area (Å²) >= 11 is 0. The van der Waals surface area contributed by atoms with Crippen molar-refractivity contribution in [3.05, 3.63) is 12.5 Å². The molecule has 21 heavy (non-hydrogen) atoms. The van der Waals surface area contributed by atoms with E-state index in [-0.39, 0.29) is 11.1 Å². The first-order valence-electron chi connectivity index (χ1n) is 7.87. The van der Waals surface area contributed by atoms with E-state index in [9.17, 15) is 8.42 Å². The summed E-state index contributed by atoms with van der Waals surface area (Å²) in [5.74, 6) is 0.483. The van der Waals surface area contributed by atoms with Crippen LogP contribution in [0, 0.1) is 5.92 Å². The molecule has 3 rings (SSSR count). The average Bonchev–Trinajstić information content (AvgIpc) is 3.17. The molecule has 2 aliphatic heterocycles. The zero-order valence-corrected chi connectivity index (χ0v) is 13.3. The Kier molecular flexibility index (Phi) is 4.33. The molecule has 3 heterocycles. The molecule has 6 nitrogen and oxygen atoms in total. The summed E-state index contributed by atoms with van der Waals surface area (Å²) in [5, 5.41) is 3.55. The number of nitrogens with zero attached hydrogens (tertiary/aromatic N) is 3. The van der Waals surface area contributed by atoms with Crippen LogP contribution >= 0.6 is 0 Å². The number of hydrogen-bond donors (Lipinski definition) is 1. The smallest absolute Gasteiger partial charge is 0.262 e. The van der Waals surface area contributed by atoms with Gasteiger partial charge in [0.25, 0.3) is 10.0 Å². The normalized spacial score (nSPS) is 25.5. The fraction of sp³-hybridized carbons (Fsp3) is 0.786. The third-order valence-corrected chi connectivity index (χ3v) is 6.53. The largest absolute Gasteiger partial charge is 0.336 e. The van der Waals surface area contributed by atoms with Crippen LogP contribution < -0.4 is 5.32 Å². The van der Waals surface area contributed by atoms with Gasteiger partial charge in [-0.25, -0.2) is 13.4 Å². The topological polar surface area (TPSA) is 67.2 Å². The Morgan fingerprint density at radius 3 is 2.76 bits per heavy atom. The minimum absolute atomic E-state index is 0.156. The molecule has 0 aromatic carbocycles. The molecule has 0 radical (unpaired) electrons. The SMILES string of the molecule is CCn1cnc(S(=O)(=O)N2CCCC2C2CCNCC2)c1. The van der Waals surface area contributed by atoms with E-state index in [1.165, 1.54) is 0 Å². The lowest BCUT2D eigenvalue weighted by molar-refractivity contribution is 0.234. The first-order chi connectivity index (χ1) is 10.1. The number of rotatable bonds is 4. The maximum Gasteiger partial charge on any atom is 0.262 e. The molecule has 1 atom stereocenters. The maximum absolute atomic E-state index is 12.9. The second kappa shape index (κ2) is 6.06. The van der Waals surface area contributed by atoms with Crippen molar-refractivity contribution in [2.75, 3.05) is 19.6 Å². The van der Waals surface area contributed by atoms with Gasteiger partial charge < -0.3 is 9.88 Å². The van der Waals surface area contributed by atoms with Gasteiger partial charge in [0.15, 0.2) is 5.03 Å². The number of nitrogens with one attached hydrogen (secondary N) is 1. The van der Waals surface area contributed by atoms with Crippen molar-refractivity contribution in [2.24, 2.45) is 5.92 Å². The number of aromatic nitrogens is 2. The molecule has 0 bridgehead atoms. The molecule has 0 aliphatic carbocycles. The number of sulfonamides is 1. The molecule has 1 aromatic heterocycles. The molecule has 2 aliphatic rings. The molecule has 0 spiro atoms. The van der Waals surface area contributed by atoms with Crippen molar-refractivity contribution in [1.29, 1.82) is 0 Å². The summed E-state index contributed by atoms with van der Waals surface area (Å²) in [6.45, 7) is 5.35. The fourth-order valence-corrected chi connectivity index (χ4v) is 5.22. The van der Waals surface area contributed by atoms with Crippen LogP contribution in [0.25, 0.3) is 0 Å². The van der Waals surface area contributed by atoms with Crippen LogP contribution in [0.5, 0.6) is 0 Å². The van der Waals surface area contributed by atoms with Gasteiger partial charge in [-0.15, -0.1) is 0 Å². The number of hydrogen-bond acceptors (Lipinski definition) is 4. The summed E-state index contributed by atoms with van der Waals surface area (Å²) in [6, 6.07) is 0.156. The van der Waals surface area contributed by atoms with Gasteiger partial charge >= 0.3 is 0 Å². The van der Waals surface area contributed by atoms with Gasteiger partial charge in [-0.1, -0.05) is 0 Å². The second-order valence-electron chi connectivity index (χ2n) is 5.96. The molecular weight excluding hydrogens is 288 g/mol. The van der Waals surface area contributed by atoms with Crippen molar-refractivity contribution < 1.29 is 8.42 Å². The maximum atomic E-state index is 12.9. The van der Waals surface area contributed by atoms with Gasteiger partial charge in [-0.2, -0.15) is 4.31 Å². The Hall–Kier alpha value is -0.920. The predicted molar refractivity (Wildman–Crippen MR) is 80.4 cm³/mol. The molecule has 7 heteroatoms. The molecule has 1 unspecified atom stereocenters. The zero-order chi connectivity index (χ0) is 14.9. The van der Waals surface area contributed by atoms with E-state index in [1.54, 1.807) is 16.8 Å². The highest BCUT2D eigenvalue weighted by molar-refractivity contribution is 7.89. The zero-order valence-electron chi connectivity index (χ0n) is 12.5. The van der Waals surface area contributed by atoms with Gasteiger partial charge in [-0.3, -0.25) is 0 Å². The van der Waals surface area contributed by atoms with Crippen LogP contribution in [0.1, 0.15) is 32.6 Å². The molecule has 2 saturated heterocycles. The van der Waals surface area contributed by atoms with Crippen molar-refractivity contribution in [2.45, 2.75) is 50.2 Å². The number of piperidine rings is 1. The molecular formula is C14H24N4O2S. The fourth-order valence-electron chi connectivity index (χ4n) is 3.53. The highest BCUT2D eigenvalue weighted by Crippen LogP contribution is 2.33. The Bertz CT molecular complexity index is 578. The minimum atomic E-state index is -3.45. The summed E-state index contributed by atoms with van der Waals surface area (Å²) in [4.78, 5) is 4.10. The van der Waals surface area contributed by atoms with Crippen LogP contribution in [0.2, 0.25) is 0 Å². The lowest BCUT2D eigenvalue weighted by atomic mass is 9.89. The van der Waals surface area contributed by atoms with Crippen LogP contribution in [-0.4, -0.2) is 48.0 Å². The summed E-state index contributed by atoms with van der Waals surface area (Å²) < 4.78 is 29.2. The van der Waals surface area contributed by atoms with Crippen molar-refractivity contribution in [3.8, 4) is 0 Å². The molecule has 0 saturated carbocycles. The monoisotopic (exact) mass is 312 g/mol. The summed E-state index contributed by atoms with van der Waals surface area (Å²) in [7, 11) is -3.45. The van der Waals surface area contributed by atoms with Crippen LogP contribution in [0.3, 0.4) is 0 Å². The average molecular weight is 312 g/mol. The first kappa shape index (κ1) is 15.0. The predicted octanol–water partition coefficient (Wildman–Crippen LogP) is 1.06. The molecule has 118 valence electrons. The van der Waals surface area contributed by atoms with Crippen LogP contribution in [-0.2, 0) is 16.6 Å². The van der Waals surface area contributed by atoms with E-state index >= 15 is 0 Å². The Labute approximate surface area is 126 Å². The molecule has 1 N–H and O–H groups in total. The highest BCUT2D eigenvalue weighted by Gasteiger charge is 2.40. The quantitative estimate of drug-likeness (QED) is 0.902. The van der Waals surface area contributed by atoms with E-state index in [4.69, 9.17) is 0 Å². The Morgan fingerprint density at radius 1 is 1.33 bits per heavy atom. The van der Waals surface area contributed by atoms with Crippen LogP contribution in [0.4, 0.5) is 0 Å². The minimum Gasteiger partial charge on any atom is -0.336 e. The van der Waals surface area contributed by atoms with Crippen molar-refractivity contribution in [3.63, 3.8) is 0 Å². The van der Waals surface area contributed by atoms with Crippen molar-refractivity contribution >= 4 is 10.0 Å². The van der Waals surface area contributed by atoms with E-state index < -0.39 is 10.0 Å². The van der Waals surface area contributed by atoms with Gasteiger partial charge in [-0.05, 0) is 51.6 Å². The van der Waals surface area contributed by atoms with E-state index in [1.807, 2.05) is 11.5 Å². The van der Waals surface area contributed by atoms with Crippen LogP contribution in [0.15, 0.2) is 17.6 Å². The van der Waals surface area contributed by atoms with E-state index in [0.29, 0.717) is 12.5 Å². The first-order valence-corrected chi connectivity index (χ1v) is 9.31. The number of imidazole rings is 1. The van der Waals surface area contributed by atoms with Gasteiger partial charge in [0, 0.05) is 25.3 Å². The standard InChI is InChI=1S/C14H24N4O2S/c1-2-17-10-14(16-11-17)21(19,20)18-9-3-4-13(18)12-5-7-15-8-6-12/h10-13,15H,2-9H2,1H3. The number of aryl methyl sites for hydroxylation is 1. The Balaban J connectivity index is 1.82. The van der Waals surface area contributed by atoms with Gasteiger partial charge in [0.1, 0.15) is 0 Å². The Morgan fingerprint density at radius 2 is 2.10 bits per heavy atom.